The van der Waals surface area contributed by atoms with Gasteiger partial charge in [0, 0.05) is 23.4 Å². The first kappa shape index (κ1) is 13.5. The van der Waals surface area contributed by atoms with E-state index in [1.165, 1.54) is 9.75 Å². The van der Waals surface area contributed by atoms with Crippen molar-refractivity contribution in [1.82, 2.24) is 10.2 Å². The van der Waals surface area contributed by atoms with Gasteiger partial charge in [-0.2, -0.15) is 0 Å². The van der Waals surface area contributed by atoms with Crippen molar-refractivity contribution in [3.8, 4) is 0 Å². The molecule has 0 radical (unpaired) electrons. The highest BCUT2D eigenvalue weighted by atomic mass is 32.1. The molecule has 1 aliphatic rings. The van der Waals surface area contributed by atoms with Crippen LogP contribution in [-0.2, 0) is 9.53 Å². The largest absolute Gasteiger partial charge is 0.383 e. The van der Waals surface area contributed by atoms with Crippen LogP contribution in [0.4, 0.5) is 0 Å². The van der Waals surface area contributed by atoms with E-state index in [4.69, 9.17) is 4.74 Å². The maximum absolute atomic E-state index is 12.2. The Hall–Kier alpha value is -0.910. The van der Waals surface area contributed by atoms with Crippen LogP contribution in [0.2, 0.25) is 0 Å². The second-order valence-corrected chi connectivity index (χ2v) is 5.82. The molecule has 5 heteroatoms. The van der Waals surface area contributed by atoms with Crippen LogP contribution >= 0.6 is 11.3 Å². The highest BCUT2D eigenvalue weighted by Gasteiger charge is 2.38. The predicted octanol–water partition coefficient (Wildman–Crippen LogP) is 1.91. The van der Waals surface area contributed by atoms with Gasteiger partial charge in [0.1, 0.15) is 6.17 Å². The van der Waals surface area contributed by atoms with Crippen molar-refractivity contribution >= 4 is 17.2 Å². The highest BCUT2D eigenvalue weighted by molar-refractivity contribution is 7.12. The maximum Gasteiger partial charge on any atom is 0.241 e. The Morgan fingerprint density at radius 3 is 2.83 bits per heavy atom. The number of hydrogen-bond acceptors (Lipinski definition) is 4. The number of carbonyl (C=O) groups is 1. The fourth-order valence-corrected chi connectivity index (χ4v) is 3.19. The smallest absolute Gasteiger partial charge is 0.241 e. The molecule has 2 atom stereocenters. The molecule has 2 heterocycles. The molecule has 2 rings (SSSR count). The van der Waals surface area contributed by atoms with Gasteiger partial charge in [0.25, 0.3) is 0 Å². The summed E-state index contributed by atoms with van der Waals surface area (Å²) in [6.45, 7) is 5.33. The number of thiophene rings is 1. The standard InChI is InChI=1S/C13H20N2O2S/c1-4-10-13(16)15(7-8-17-3)12(14-10)11-6-5-9(2)18-11/h5-6,10,12,14H,4,7-8H2,1-3H3. The van der Waals surface area contributed by atoms with Gasteiger partial charge in [-0.25, -0.2) is 0 Å². The van der Waals surface area contributed by atoms with E-state index in [-0.39, 0.29) is 18.1 Å². The molecule has 18 heavy (non-hydrogen) atoms. The number of nitrogens with one attached hydrogen (secondary N) is 1. The van der Waals surface area contributed by atoms with Crippen LogP contribution in [0, 0.1) is 6.92 Å². The second kappa shape index (κ2) is 5.82. The van der Waals surface area contributed by atoms with Crippen molar-refractivity contribution < 1.29 is 9.53 Å². The monoisotopic (exact) mass is 268 g/mol. The van der Waals surface area contributed by atoms with Crippen LogP contribution in [-0.4, -0.2) is 37.1 Å². The molecular formula is C13H20N2O2S. The van der Waals surface area contributed by atoms with E-state index in [2.05, 4.69) is 24.4 Å². The van der Waals surface area contributed by atoms with Crippen LogP contribution in [0.15, 0.2) is 12.1 Å². The van der Waals surface area contributed by atoms with Gasteiger partial charge in [0.2, 0.25) is 5.91 Å². The average Bonchev–Trinajstić information content (AvgIpc) is 2.91. The first-order chi connectivity index (χ1) is 8.67. The molecule has 1 amide bonds. The van der Waals surface area contributed by atoms with E-state index < -0.39 is 0 Å². The number of nitrogens with zero attached hydrogens (tertiary/aromatic N) is 1. The Kier molecular flexibility index (Phi) is 4.37. The zero-order valence-electron chi connectivity index (χ0n) is 11.1. The molecule has 4 nitrogen and oxygen atoms in total. The fraction of sp³-hybridized carbons (Fsp3) is 0.615. The third kappa shape index (κ3) is 2.58. The summed E-state index contributed by atoms with van der Waals surface area (Å²) in [7, 11) is 1.66. The SMILES string of the molecule is CCC1NC(c2ccc(C)s2)N(CCOC)C1=O. The van der Waals surface area contributed by atoms with Crippen molar-refractivity contribution in [2.45, 2.75) is 32.5 Å². The maximum atomic E-state index is 12.2. The third-order valence-electron chi connectivity index (χ3n) is 3.23. The Labute approximate surface area is 112 Å². The zero-order chi connectivity index (χ0) is 13.1. The average molecular weight is 268 g/mol. The molecule has 1 aromatic rings. The number of ether oxygens (including phenoxy) is 1. The molecule has 0 spiro atoms. The minimum absolute atomic E-state index is 0.0105. The summed E-state index contributed by atoms with van der Waals surface area (Å²) in [6.07, 6.45) is 0.833. The van der Waals surface area contributed by atoms with Gasteiger partial charge >= 0.3 is 0 Å². The molecule has 1 aromatic heterocycles. The number of hydrogen-bond donors (Lipinski definition) is 1. The third-order valence-corrected chi connectivity index (χ3v) is 4.28. The molecule has 1 aliphatic heterocycles. The van der Waals surface area contributed by atoms with Crippen LogP contribution in [0.5, 0.6) is 0 Å². The van der Waals surface area contributed by atoms with Crippen LogP contribution in [0.25, 0.3) is 0 Å². The molecule has 100 valence electrons. The molecule has 1 N–H and O–H groups in total. The Morgan fingerprint density at radius 2 is 2.28 bits per heavy atom. The summed E-state index contributed by atoms with van der Waals surface area (Å²) in [5, 5.41) is 3.41. The second-order valence-electron chi connectivity index (χ2n) is 4.50. The molecule has 1 saturated heterocycles. The number of amides is 1. The molecule has 0 aromatic carbocycles. The van der Waals surface area contributed by atoms with Crippen molar-refractivity contribution in [3.63, 3.8) is 0 Å². The van der Waals surface area contributed by atoms with E-state index in [1.807, 2.05) is 11.8 Å². The lowest BCUT2D eigenvalue weighted by molar-refractivity contribution is -0.130. The first-order valence-electron chi connectivity index (χ1n) is 6.29. The Balaban J connectivity index is 2.18. The van der Waals surface area contributed by atoms with Gasteiger partial charge in [0.15, 0.2) is 0 Å². The van der Waals surface area contributed by atoms with Crippen molar-refractivity contribution in [2.75, 3.05) is 20.3 Å². The van der Waals surface area contributed by atoms with Crippen molar-refractivity contribution in [3.05, 3.63) is 21.9 Å². The lowest BCUT2D eigenvalue weighted by Gasteiger charge is -2.22. The summed E-state index contributed by atoms with van der Waals surface area (Å²) < 4.78 is 5.09. The van der Waals surface area contributed by atoms with E-state index in [0.717, 1.165) is 6.42 Å². The van der Waals surface area contributed by atoms with Gasteiger partial charge in [-0.05, 0) is 25.5 Å². The van der Waals surface area contributed by atoms with Gasteiger partial charge in [-0.15, -0.1) is 11.3 Å². The van der Waals surface area contributed by atoms with Gasteiger partial charge < -0.3 is 9.64 Å². The summed E-state index contributed by atoms with van der Waals surface area (Å²) >= 11 is 1.74. The molecule has 0 aliphatic carbocycles. The van der Waals surface area contributed by atoms with E-state index in [0.29, 0.717) is 13.2 Å². The quantitative estimate of drug-likeness (QED) is 0.887. The first-order valence-corrected chi connectivity index (χ1v) is 7.10. The lowest BCUT2D eigenvalue weighted by Crippen LogP contribution is -2.33. The number of methoxy groups -OCH3 is 1. The Morgan fingerprint density at radius 1 is 1.50 bits per heavy atom. The summed E-state index contributed by atoms with van der Waals surface area (Å²) in [5.74, 6) is 0.186. The van der Waals surface area contributed by atoms with E-state index in [1.54, 1.807) is 18.4 Å². The van der Waals surface area contributed by atoms with Crippen LogP contribution in [0.1, 0.15) is 29.3 Å². The molecule has 1 fully saturated rings. The molecule has 2 unspecified atom stereocenters. The normalized spacial score (nSPS) is 23.9. The topological polar surface area (TPSA) is 41.6 Å². The summed E-state index contributed by atoms with van der Waals surface area (Å²) in [6, 6.07) is 4.14. The fourth-order valence-electron chi connectivity index (χ4n) is 2.24. The van der Waals surface area contributed by atoms with E-state index in [9.17, 15) is 4.79 Å². The minimum atomic E-state index is -0.0609. The number of aryl methyl sites for hydroxylation is 1. The number of carbonyl (C=O) groups excluding carboxylic acids is 1. The van der Waals surface area contributed by atoms with Gasteiger partial charge in [-0.1, -0.05) is 6.92 Å². The van der Waals surface area contributed by atoms with E-state index >= 15 is 0 Å². The zero-order valence-corrected chi connectivity index (χ0v) is 11.9. The van der Waals surface area contributed by atoms with Gasteiger partial charge in [0.05, 0.1) is 12.6 Å². The summed E-state index contributed by atoms with van der Waals surface area (Å²) in [5.41, 5.74) is 0. The van der Waals surface area contributed by atoms with Crippen LogP contribution < -0.4 is 5.32 Å². The predicted molar refractivity (Wildman–Crippen MR) is 72.6 cm³/mol. The number of rotatable bonds is 5. The molecule has 0 bridgehead atoms. The van der Waals surface area contributed by atoms with Gasteiger partial charge in [-0.3, -0.25) is 10.1 Å². The lowest BCUT2D eigenvalue weighted by atomic mass is 10.2. The Bertz CT molecular complexity index is 419. The molecular weight excluding hydrogens is 248 g/mol. The molecule has 0 saturated carbocycles. The van der Waals surface area contributed by atoms with Crippen molar-refractivity contribution in [1.29, 1.82) is 0 Å². The van der Waals surface area contributed by atoms with Crippen molar-refractivity contribution in [2.24, 2.45) is 0 Å². The highest BCUT2D eigenvalue weighted by Crippen LogP contribution is 2.30. The minimum Gasteiger partial charge on any atom is -0.383 e. The summed E-state index contributed by atoms with van der Waals surface area (Å²) in [4.78, 5) is 16.6. The van der Waals surface area contributed by atoms with Crippen LogP contribution in [0.3, 0.4) is 0 Å².